The number of oxime groups is 1. The maximum atomic E-state index is 13.2. The Balaban J connectivity index is 1.93. The Bertz CT molecular complexity index is 935. The van der Waals surface area contributed by atoms with Crippen LogP contribution in [-0.2, 0) is 21.0 Å². The minimum absolute atomic E-state index is 0.0495. The number of hydrogen-bond acceptors (Lipinski definition) is 4. The van der Waals surface area contributed by atoms with Crippen LogP contribution in [0, 0.1) is 5.82 Å². The van der Waals surface area contributed by atoms with Crippen molar-refractivity contribution in [2.75, 3.05) is 0 Å². The maximum Gasteiger partial charge on any atom is 0.354 e. The second kappa shape index (κ2) is 9.77. The third-order valence-corrected chi connectivity index (χ3v) is 5.72. The summed E-state index contributed by atoms with van der Waals surface area (Å²) in [5, 5.41) is 14.8. The molecular formula is C22H22Cl2FNO4. The molecule has 1 aliphatic rings. The van der Waals surface area contributed by atoms with Gasteiger partial charge in [-0.3, -0.25) is 0 Å². The monoisotopic (exact) mass is 453 g/mol. The minimum Gasteiger partial charge on any atom is -0.478 e. The second-order valence-corrected chi connectivity index (χ2v) is 8.03. The van der Waals surface area contributed by atoms with Crippen molar-refractivity contribution >= 4 is 34.9 Å². The number of carbonyl (C=O) groups is 1. The summed E-state index contributed by atoms with van der Waals surface area (Å²) in [7, 11) is 0. The van der Waals surface area contributed by atoms with Crippen molar-refractivity contribution in [1.82, 2.24) is 0 Å². The van der Waals surface area contributed by atoms with Crippen molar-refractivity contribution in [2.45, 2.75) is 50.9 Å². The first kappa shape index (κ1) is 22.5. The average molecular weight is 454 g/mol. The van der Waals surface area contributed by atoms with E-state index in [1.165, 1.54) is 12.1 Å². The van der Waals surface area contributed by atoms with Gasteiger partial charge in [0.25, 0.3) is 5.60 Å². The first-order valence-corrected chi connectivity index (χ1v) is 10.4. The fraction of sp³-hybridized carbons (Fsp3) is 0.364. The zero-order chi connectivity index (χ0) is 21.7. The molecule has 2 unspecified atom stereocenters. The number of ether oxygens (including phenoxy) is 1. The van der Waals surface area contributed by atoms with E-state index in [1.54, 1.807) is 30.3 Å². The normalized spacial score (nSPS) is 19.3. The summed E-state index contributed by atoms with van der Waals surface area (Å²) in [5.74, 6) is -1.55. The third kappa shape index (κ3) is 4.94. The van der Waals surface area contributed by atoms with Gasteiger partial charge in [0, 0.05) is 6.42 Å². The van der Waals surface area contributed by atoms with E-state index in [0.29, 0.717) is 28.3 Å². The molecule has 2 atom stereocenters. The van der Waals surface area contributed by atoms with Crippen molar-refractivity contribution < 1.29 is 23.9 Å². The maximum absolute atomic E-state index is 13.2. The van der Waals surface area contributed by atoms with E-state index in [9.17, 15) is 14.3 Å². The van der Waals surface area contributed by atoms with Crippen molar-refractivity contribution in [1.29, 1.82) is 0 Å². The van der Waals surface area contributed by atoms with Gasteiger partial charge in [0.15, 0.2) is 0 Å². The number of hydrogen-bond donors (Lipinski definition) is 1. The molecule has 3 rings (SSSR count). The second-order valence-electron chi connectivity index (χ2n) is 7.21. The van der Waals surface area contributed by atoms with Gasteiger partial charge < -0.3 is 14.7 Å². The Labute approximate surface area is 184 Å². The highest BCUT2D eigenvalue weighted by Crippen LogP contribution is 2.42. The van der Waals surface area contributed by atoms with Crippen molar-refractivity contribution in [2.24, 2.45) is 5.16 Å². The van der Waals surface area contributed by atoms with Gasteiger partial charge in [0.1, 0.15) is 11.9 Å². The highest BCUT2D eigenvalue weighted by atomic mass is 35.5. The number of carboxylic acid groups (broad SMARTS) is 1. The first-order chi connectivity index (χ1) is 14.4. The molecule has 0 spiro atoms. The molecular weight excluding hydrogens is 432 g/mol. The molecule has 0 fully saturated rings. The molecule has 1 aliphatic heterocycles. The molecule has 0 radical (unpaired) electrons. The number of unbranched alkanes of at least 4 members (excludes halogenated alkanes) is 1. The molecule has 0 saturated carbocycles. The molecule has 0 bridgehead atoms. The van der Waals surface area contributed by atoms with Crippen LogP contribution in [0.15, 0.2) is 47.6 Å². The van der Waals surface area contributed by atoms with Crippen molar-refractivity contribution in [3.63, 3.8) is 0 Å². The van der Waals surface area contributed by atoms with E-state index in [2.05, 4.69) is 5.16 Å². The standard InChI is InChI=1S/C22H22Cl2FNO4/c1-2-3-4-17-12-22(21(27)28,30-26-17)20(15-7-10-18(23)19(24)11-15)29-13-14-5-8-16(25)9-6-14/h5-11,20H,2-4,12-13H2,1H3,(H,27,28). The predicted octanol–water partition coefficient (Wildman–Crippen LogP) is 6.18. The van der Waals surface area contributed by atoms with Gasteiger partial charge in [-0.2, -0.15) is 0 Å². The summed E-state index contributed by atoms with van der Waals surface area (Å²) in [6.07, 6.45) is 1.56. The molecule has 0 aromatic heterocycles. The fourth-order valence-electron chi connectivity index (χ4n) is 3.33. The Morgan fingerprint density at radius 2 is 2.00 bits per heavy atom. The lowest BCUT2D eigenvalue weighted by Gasteiger charge is -2.31. The van der Waals surface area contributed by atoms with Gasteiger partial charge in [0.05, 0.1) is 22.4 Å². The topological polar surface area (TPSA) is 68.1 Å². The van der Waals surface area contributed by atoms with Crippen LogP contribution < -0.4 is 0 Å². The fourth-order valence-corrected chi connectivity index (χ4v) is 3.64. The van der Waals surface area contributed by atoms with E-state index in [4.69, 9.17) is 32.8 Å². The SMILES string of the molecule is CCCCC1=NOC(C(=O)O)(C(OCc2ccc(F)cc2)c2ccc(Cl)c(Cl)c2)C1. The minimum atomic E-state index is -1.74. The van der Waals surface area contributed by atoms with Crippen LogP contribution in [0.1, 0.15) is 49.8 Å². The van der Waals surface area contributed by atoms with E-state index >= 15 is 0 Å². The number of nitrogens with zero attached hydrogens (tertiary/aromatic N) is 1. The van der Waals surface area contributed by atoms with Crippen LogP contribution in [0.2, 0.25) is 10.0 Å². The molecule has 160 valence electrons. The number of rotatable bonds is 9. The lowest BCUT2D eigenvalue weighted by Crippen LogP contribution is -2.46. The first-order valence-electron chi connectivity index (χ1n) is 9.64. The van der Waals surface area contributed by atoms with E-state index < -0.39 is 17.7 Å². The van der Waals surface area contributed by atoms with Crippen LogP contribution in [0.3, 0.4) is 0 Å². The van der Waals surface area contributed by atoms with Crippen molar-refractivity contribution in [3.8, 4) is 0 Å². The van der Waals surface area contributed by atoms with E-state index in [-0.39, 0.29) is 23.9 Å². The molecule has 1 heterocycles. The molecule has 2 aromatic carbocycles. The molecule has 8 heteroatoms. The summed E-state index contributed by atoms with van der Waals surface area (Å²) < 4.78 is 19.3. The third-order valence-electron chi connectivity index (χ3n) is 4.99. The van der Waals surface area contributed by atoms with Gasteiger partial charge in [-0.15, -0.1) is 0 Å². The molecule has 1 N–H and O–H groups in total. The summed E-state index contributed by atoms with van der Waals surface area (Å²) in [6, 6.07) is 10.6. The average Bonchev–Trinajstić information content (AvgIpc) is 3.16. The Morgan fingerprint density at radius 3 is 2.63 bits per heavy atom. The van der Waals surface area contributed by atoms with E-state index in [1.807, 2.05) is 6.92 Å². The summed E-state index contributed by atoms with van der Waals surface area (Å²) >= 11 is 12.2. The Hall–Kier alpha value is -2.15. The van der Waals surface area contributed by atoms with Crippen molar-refractivity contribution in [3.05, 3.63) is 69.5 Å². The van der Waals surface area contributed by atoms with Gasteiger partial charge in [-0.1, -0.05) is 59.9 Å². The van der Waals surface area contributed by atoms with Gasteiger partial charge in [0.2, 0.25) is 0 Å². The molecule has 2 aromatic rings. The van der Waals surface area contributed by atoms with Crippen LogP contribution in [-0.4, -0.2) is 22.4 Å². The quantitative estimate of drug-likeness (QED) is 0.491. The highest BCUT2D eigenvalue weighted by Gasteiger charge is 2.54. The zero-order valence-electron chi connectivity index (χ0n) is 16.4. The molecule has 5 nitrogen and oxygen atoms in total. The summed E-state index contributed by atoms with van der Waals surface area (Å²) in [5.41, 5.74) is 0.128. The van der Waals surface area contributed by atoms with Crippen LogP contribution in [0.25, 0.3) is 0 Å². The number of benzene rings is 2. The zero-order valence-corrected chi connectivity index (χ0v) is 17.9. The molecule has 0 saturated heterocycles. The smallest absolute Gasteiger partial charge is 0.354 e. The lowest BCUT2D eigenvalue weighted by molar-refractivity contribution is -0.187. The van der Waals surface area contributed by atoms with Crippen LogP contribution in [0.4, 0.5) is 4.39 Å². The molecule has 0 aliphatic carbocycles. The molecule has 0 amide bonds. The summed E-state index contributed by atoms with van der Waals surface area (Å²) in [4.78, 5) is 17.9. The van der Waals surface area contributed by atoms with E-state index in [0.717, 1.165) is 12.8 Å². The lowest BCUT2D eigenvalue weighted by atomic mass is 9.85. The number of aliphatic carboxylic acids is 1. The van der Waals surface area contributed by atoms with Gasteiger partial charge in [-0.25, -0.2) is 9.18 Å². The van der Waals surface area contributed by atoms with Gasteiger partial charge >= 0.3 is 5.97 Å². The Kier molecular flexibility index (Phi) is 7.34. The highest BCUT2D eigenvalue weighted by molar-refractivity contribution is 6.42. The largest absolute Gasteiger partial charge is 0.478 e. The van der Waals surface area contributed by atoms with Crippen LogP contribution >= 0.6 is 23.2 Å². The van der Waals surface area contributed by atoms with Crippen LogP contribution in [0.5, 0.6) is 0 Å². The molecule has 30 heavy (non-hydrogen) atoms. The number of halogens is 3. The summed E-state index contributed by atoms with van der Waals surface area (Å²) in [6.45, 7) is 2.10. The Morgan fingerprint density at radius 1 is 1.27 bits per heavy atom. The van der Waals surface area contributed by atoms with Gasteiger partial charge in [-0.05, 0) is 48.2 Å². The predicted molar refractivity (Wildman–Crippen MR) is 113 cm³/mol. The number of carboxylic acids is 1.